The molecule has 7 heteroatoms. The van der Waals surface area contributed by atoms with Crippen LogP contribution in [0.2, 0.25) is 5.02 Å². The summed E-state index contributed by atoms with van der Waals surface area (Å²) in [5.41, 5.74) is 0.272. The zero-order chi connectivity index (χ0) is 15.6. The minimum Gasteiger partial charge on any atom is -0.506 e. The highest BCUT2D eigenvalue weighted by molar-refractivity contribution is 6.32. The summed E-state index contributed by atoms with van der Waals surface area (Å²) in [6, 6.07) is 3.98. The lowest BCUT2D eigenvalue weighted by Gasteiger charge is -2.32. The molecule has 1 saturated carbocycles. The average Bonchev–Trinajstić information content (AvgIpc) is 2.42. The van der Waals surface area contributed by atoms with E-state index in [9.17, 15) is 23.1 Å². The van der Waals surface area contributed by atoms with Gasteiger partial charge >= 0.3 is 6.18 Å². The lowest BCUT2D eigenvalue weighted by atomic mass is 9.78. The second-order valence-corrected chi connectivity index (χ2v) is 5.60. The predicted molar refractivity (Wildman–Crippen MR) is 73.2 cm³/mol. The molecule has 0 spiro atoms. The van der Waals surface area contributed by atoms with Crippen molar-refractivity contribution in [3.05, 3.63) is 23.2 Å². The summed E-state index contributed by atoms with van der Waals surface area (Å²) in [5, 5.41) is 11.8. The van der Waals surface area contributed by atoms with E-state index in [1.54, 1.807) is 0 Å². The molecule has 1 aromatic rings. The van der Waals surface area contributed by atoms with E-state index in [-0.39, 0.29) is 29.3 Å². The van der Waals surface area contributed by atoms with Crippen molar-refractivity contribution in [2.24, 2.45) is 11.8 Å². The second kappa shape index (κ2) is 6.13. The Bertz CT molecular complexity index is 533. The van der Waals surface area contributed by atoms with Crippen LogP contribution in [-0.2, 0) is 4.79 Å². The molecule has 2 rings (SSSR count). The Morgan fingerprint density at radius 3 is 2.57 bits per heavy atom. The molecule has 1 amide bonds. The number of carbonyl (C=O) groups is 1. The molecule has 1 aliphatic carbocycles. The molecule has 21 heavy (non-hydrogen) atoms. The number of phenolic OH excluding ortho intramolecular Hbond substituents is 1. The van der Waals surface area contributed by atoms with Gasteiger partial charge in [-0.05, 0) is 31.0 Å². The van der Waals surface area contributed by atoms with E-state index >= 15 is 0 Å². The Balaban J connectivity index is 2.12. The molecule has 0 bridgehead atoms. The summed E-state index contributed by atoms with van der Waals surface area (Å²) < 4.78 is 38.9. The van der Waals surface area contributed by atoms with E-state index < -0.39 is 23.9 Å². The van der Waals surface area contributed by atoms with Crippen LogP contribution in [0.1, 0.15) is 25.7 Å². The zero-order valence-electron chi connectivity index (χ0n) is 11.1. The van der Waals surface area contributed by atoms with Gasteiger partial charge in [-0.1, -0.05) is 24.4 Å². The van der Waals surface area contributed by atoms with Crippen LogP contribution in [-0.4, -0.2) is 17.2 Å². The van der Waals surface area contributed by atoms with Gasteiger partial charge in [0.2, 0.25) is 5.91 Å². The largest absolute Gasteiger partial charge is 0.506 e. The quantitative estimate of drug-likeness (QED) is 0.795. The van der Waals surface area contributed by atoms with Crippen molar-refractivity contribution in [1.82, 2.24) is 0 Å². The van der Waals surface area contributed by atoms with Gasteiger partial charge in [-0.25, -0.2) is 0 Å². The Hall–Kier alpha value is -1.43. The van der Waals surface area contributed by atoms with Crippen LogP contribution in [0, 0.1) is 11.8 Å². The topological polar surface area (TPSA) is 49.3 Å². The zero-order valence-corrected chi connectivity index (χ0v) is 11.8. The number of aromatic hydroxyl groups is 1. The third-order valence-electron chi connectivity index (χ3n) is 3.74. The molecule has 0 radical (unpaired) electrons. The third kappa shape index (κ3) is 3.81. The first kappa shape index (κ1) is 15.9. The fourth-order valence-corrected chi connectivity index (χ4v) is 2.84. The van der Waals surface area contributed by atoms with Crippen molar-refractivity contribution in [3.63, 3.8) is 0 Å². The van der Waals surface area contributed by atoms with Crippen molar-refractivity contribution >= 4 is 23.2 Å². The first-order valence-electron chi connectivity index (χ1n) is 6.65. The molecule has 0 aliphatic heterocycles. The summed E-state index contributed by atoms with van der Waals surface area (Å²) >= 11 is 5.70. The summed E-state index contributed by atoms with van der Waals surface area (Å²) in [6.07, 6.45) is -3.06. The van der Waals surface area contributed by atoms with Crippen molar-refractivity contribution in [2.45, 2.75) is 31.9 Å². The van der Waals surface area contributed by atoms with Gasteiger partial charge in [0.05, 0.1) is 10.9 Å². The molecule has 1 fully saturated rings. The minimum absolute atomic E-state index is 0.0160. The van der Waals surface area contributed by atoms with Crippen molar-refractivity contribution in [1.29, 1.82) is 0 Å². The number of alkyl halides is 3. The number of amides is 1. The molecule has 2 N–H and O–H groups in total. The number of phenols is 1. The molecule has 0 saturated heterocycles. The molecular formula is C14H15ClF3NO2. The van der Waals surface area contributed by atoms with E-state index in [2.05, 4.69) is 5.32 Å². The lowest BCUT2D eigenvalue weighted by Crippen LogP contribution is -2.39. The second-order valence-electron chi connectivity index (χ2n) is 5.19. The van der Waals surface area contributed by atoms with Crippen LogP contribution in [0.4, 0.5) is 18.9 Å². The smallest absolute Gasteiger partial charge is 0.392 e. The van der Waals surface area contributed by atoms with Gasteiger partial charge in [-0.15, -0.1) is 0 Å². The lowest BCUT2D eigenvalue weighted by molar-refractivity contribution is -0.197. The van der Waals surface area contributed by atoms with E-state index in [1.165, 1.54) is 18.2 Å². The normalized spacial score (nSPS) is 22.9. The van der Waals surface area contributed by atoms with Crippen molar-refractivity contribution in [3.8, 4) is 5.75 Å². The summed E-state index contributed by atoms with van der Waals surface area (Å²) in [6.45, 7) is 0. The van der Waals surface area contributed by atoms with Crippen LogP contribution in [0.15, 0.2) is 18.2 Å². The molecule has 2 unspecified atom stereocenters. The first-order valence-corrected chi connectivity index (χ1v) is 7.03. The predicted octanol–water partition coefficient (Wildman–Crippen LogP) is 4.35. The molecule has 2 atom stereocenters. The fourth-order valence-electron chi connectivity index (χ4n) is 2.66. The maximum absolute atomic E-state index is 13.0. The van der Waals surface area contributed by atoms with Gasteiger partial charge in [0.25, 0.3) is 0 Å². The van der Waals surface area contributed by atoms with E-state index in [4.69, 9.17) is 11.6 Å². The Morgan fingerprint density at radius 1 is 1.29 bits per heavy atom. The fraction of sp³-hybridized carbons (Fsp3) is 0.500. The number of hydrogen-bond donors (Lipinski definition) is 2. The van der Waals surface area contributed by atoms with Gasteiger partial charge in [-0.3, -0.25) is 4.79 Å². The number of halogens is 4. The molecule has 116 valence electrons. The highest BCUT2D eigenvalue weighted by Gasteiger charge is 2.48. The SMILES string of the molecule is O=C(Nc1ccc(O)c(Cl)c1)C1CCCCC1C(F)(F)F. The van der Waals surface area contributed by atoms with Crippen LogP contribution < -0.4 is 5.32 Å². The third-order valence-corrected chi connectivity index (χ3v) is 4.04. The summed E-state index contributed by atoms with van der Waals surface area (Å²) in [4.78, 5) is 12.1. The van der Waals surface area contributed by atoms with E-state index in [1.807, 2.05) is 0 Å². The molecule has 0 aromatic heterocycles. The van der Waals surface area contributed by atoms with E-state index in [0.717, 1.165) is 0 Å². The van der Waals surface area contributed by atoms with Crippen LogP contribution in [0.3, 0.4) is 0 Å². The van der Waals surface area contributed by atoms with Gasteiger partial charge in [0.15, 0.2) is 0 Å². The average molecular weight is 322 g/mol. The van der Waals surface area contributed by atoms with Crippen LogP contribution >= 0.6 is 11.6 Å². The van der Waals surface area contributed by atoms with Gasteiger partial charge in [0, 0.05) is 11.6 Å². The minimum atomic E-state index is -4.37. The number of rotatable bonds is 2. The van der Waals surface area contributed by atoms with Crippen molar-refractivity contribution in [2.75, 3.05) is 5.32 Å². The highest BCUT2D eigenvalue weighted by atomic mass is 35.5. The number of carbonyl (C=O) groups excluding carboxylic acids is 1. The van der Waals surface area contributed by atoms with E-state index in [0.29, 0.717) is 12.8 Å². The first-order chi connectivity index (χ1) is 9.79. The molecular weight excluding hydrogens is 307 g/mol. The van der Waals surface area contributed by atoms with Crippen LogP contribution in [0.5, 0.6) is 5.75 Å². The number of anilines is 1. The number of hydrogen-bond acceptors (Lipinski definition) is 2. The van der Waals surface area contributed by atoms with Crippen LogP contribution in [0.25, 0.3) is 0 Å². The number of nitrogens with one attached hydrogen (secondary N) is 1. The van der Waals surface area contributed by atoms with Gasteiger partial charge in [0.1, 0.15) is 5.75 Å². The molecule has 1 aromatic carbocycles. The maximum Gasteiger partial charge on any atom is 0.392 e. The van der Waals surface area contributed by atoms with Gasteiger partial charge in [-0.2, -0.15) is 13.2 Å². The molecule has 0 heterocycles. The molecule has 1 aliphatic rings. The highest BCUT2D eigenvalue weighted by Crippen LogP contribution is 2.42. The number of benzene rings is 1. The maximum atomic E-state index is 13.0. The summed E-state index contributed by atoms with van der Waals surface area (Å²) in [7, 11) is 0. The Morgan fingerprint density at radius 2 is 1.95 bits per heavy atom. The summed E-state index contributed by atoms with van der Waals surface area (Å²) in [5.74, 6) is -3.48. The monoisotopic (exact) mass is 321 g/mol. The molecule has 3 nitrogen and oxygen atoms in total. The Labute approximate surface area is 125 Å². The van der Waals surface area contributed by atoms with Crippen molar-refractivity contribution < 1.29 is 23.1 Å². The Kier molecular flexibility index (Phi) is 4.66. The standard InChI is InChI=1S/C14H15ClF3NO2/c15-11-7-8(5-6-12(11)20)19-13(21)9-3-1-2-4-10(9)14(16,17)18/h5-7,9-10,20H,1-4H2,(H,19,21). The van der Waals surface area contributed by atoms with Gasteiger partial charge < -0.3 is 10.4 Å².